The molecule has 0 heterocycles. The van der Waals surface area contributed by atoms with Crippen molar-refractivity contribution in [1.29, 1.82) is 0 Å². The molecule has 0 amide bonds. The molecule has 0 radical (unpaired) electrons. The first-order chi connectivity index (χ1) is 10.1. The van der Waals surface area contributed by atoms with Gasteiger partial charge < -0.3 is 0 Å². The zero-order valence-corrected chi connectivity index (χ0v) is 13.1. The van der Waals surface area contributed by atoms with E-state index < -0.39 is 0 Å². The minimum Gasteiger partial charge on any atom is -0.294 e. The fourth-order valence-corrected chi connectivity index (χ4v) is 3.18. The lowest BCUT2D eigenvalue weighted by molar-refractivity contribution is 0.0993. The first-order valence-corrected chi connectivity index (χ1v) is 7.97. The molecule has 0 aliphatic heterocycles. The standard InChI is InChI=1S/C18H16Cl2O/c19-16-5-2-6-17(20)15(16)11-18(21)14-9-7-13(8-10-14)12-3-1-4-12/h2,5-10,12H,1,3-4,11H2. The molecule has 0 spiro atoms. The van der Waals surface area contributed by atoms with Crippen molar-refractivity contribution in [2.24, 2.45) is 0 Å². The maximum Gasteiger partial charge on any atom is 0.167 e. The summed E-state index contributed by atoms with van der Waals surface area (Å²) in [6.07, 6.45) is 4.09. The Morgan fingerprint density at radius 3 is 2.14 bits per heavy atom. The molecule has 1 aliphatic carbocycles. The number of rotatable bonds is 4. The van der Waals surface area contributed by atoms with E-state index in [2.05, 4.69) is 12.1 Å². The van der Waals surface area contributed by atoms with Gasteiger partial charge in [0.05, 0.1) is 0 Å². The van der Waals surface area contributed by atoms with Crippen molar-refractivity contribution in [2.45, 2.75) is 31.6 Å². The van der Waals surface area contributed by atoms with Gasteiger partial charge in [-0.15, -0.1) is 0 Å². The second-order valence-corrected chi connectivity index (χ2v) is 6.36. The van der Waals surface area contributed by atoms with Crippen LogP contribution in [0.5, 0.6) is 0 Å². The zero-order chi connectivity index (χ0) is 14.8. The molecule has 1 fully saturated rings. The number of hydrogen-bond donors (Lipinski definition) is 0. The van der Waals surface area contributed by atoms with Gasteiger partial charge in [-0.1, -0.05) is 60.0 Å². The minimum atomic E-state index is 0.0464. The van der Waals surface area contributed by atoms with Crippen LogP contribution < -0.4 is 0 Å². The third-order valence-corrected chi connectivity index (χ3v) is 4.92. The van der Waals surface area contributed by atoms with Crippen LogP contribution in [0.1, 0.15) is 46.7 Å². The highest BCUT2D eigenvalue weighted by Gasteiger charge is 2.19. The molecule has 0 aromatic heterocycles. The molecule has 1 aliphatic rings. The van der Waals surface area contributed by atoms with Crippen LogP contribution in [-0.4, -0.2) is 5.78 Å². The van der Waals surface area contributed by atoms with E-state index in [-0.39, 0.29) is 12.2 Å². The molecule has 1 saturated carbocycles. The topological polar surface area (TPSA) is 17.1 Å². The van der Waals surface area contributed by atoms with Crippen LogP contribution in [0, 0.1) is 0 Å². The Morgan fingerprint density at radius 2 is 1.62 bits per heavy atom. The highest BCUT2D eigenvalue weighted by atomic mass is 35.5. The third kappa shape index (κ3) is 3.14. The van der Waals surface area contributed by atoms with Crippen LogP contribution >= 0.6 is 23.2 Å². The Kier molecular flexibility index (Phi) is 4.32. The van der Waals surface area contributed by atoms with Gasteiger partial charge in [0.1, 0.15) is 0 Å². The van der Waals surface area contributed by atoms with Gasteiger partial charge in [0, 0.05) is 22.0 Å². The van der Waals surface area contributed by atoms with Crippen LogP contribution in [0.15, 0.2) is 42.5 Å². The van der Waals surface area contributed by atoms with E-state index in [0.29, 0.717) is 27.1 Å². The van der Waals surface area contributed by atoms with Crippen LogP contribution in [0.4, 0.5) is 0 Å². The molecule has 108 valence electrons. The zero-order valence-electron chi connectivity index (χ0n) is 11.6. The molecule has 0 saturated heterocycles. The van der Waals surface area contributed by atoms with Gasteiger partial charge >= 0.3 is 0 Å². The first kappa shape index (κ1) is 14.6. The van der Waals surface area contributed by atoms with E-state index in [1.54, 1.807) is 18.2 Å². The first-order valence-electron chi connectivity index (χ1n) is 7.21. The number of hydrogen-bond acceptors (Lipinski definition) is 1. The summed E-state index contributed by atoms with van der Waals surface area (Å²) in [7, 11) is 0. The van der Waals surface area contributed by atoms with Crippen molar-refractivity contribution in [3.8, 4) is 0 Å². The quantitative estimate of drug-likeness (QED) is 0.662. The number of carbonyl (C=O) groups excluding carboxylic acids is 1. The monoisotopic (exact) mass is 318 g/mol. The van der Waals surface area contributed by atoms with Crippen LogP contribution in [0.3, 0.4) is 0 Å². The molecule has 0 bridgehead atoms. The number of halogens is 2. The summed E-state index contributed by atoms with van der Waals surface area (Å²) in [6, 6.07) is 13.3. The second-order valence-electron chi connectivity index (χ2n) is 5.55. The fraction of sp³-hybridized carbons (Fsp3) is 0.278. The van der Waals surface area contributed by atoms with Crippen molar-refractivity contribution in [2.75, 3.05) is 0 Å². The van der Waals surface area contributed by atoms with Gasteiger partial charge in [0.15, 0.2) is 5.78 Å². The van der Waals surface area contributed by atoms with Crippen LogP contribution in [0.2, 0.25) is 10.0 Å². The molecule has 0 unspecified atom stereocenters. The molecular formula is C18H16Cl2O. The van der Waals surface area contributed by atoms with Gasteiger partial charge in [0.25, 0.3) is 0 Å². The lowest BCUT2D eigenvalue weighted by atomic mass is 9.80. The Balaban J connectivity index is 1.76. The predicted molar refractivity (Wildman–Crippen MR) is 87.5 cm³/mol. The molecule has 1 nitrogen and oxygen atoms in total. The van der Waals surface area contributed by atoms with E-state index >= 15 is 0 Å². The van der Waals surface area contributed by atoms with Crippen molar-refractivity contribution in [3.05, 3.63) is 69.2 Å². The summed E-state index contributed by atoms with van der Waals surface area (Å²) >= 11 is 12.2. The fourth-order valence-electron chi connectivity index (χ4n) is 2.65. The van der Waals surface area contributed by atoms with Crippen molar-refractivity contribution >= 4 is 29.0 Å². The maximum absolute atomic E-state index is 12.4. The second kappa shape index (κ2) is 6.21. The van der Waals surface area contributed by atoms with E-state index in [4.69, 9.17) is 23.2 Å². The smallest absolute Gasteiger partial charge is 0.167 e. The summed E-state index contributed by atoms with van der Waals surface area (Å²) < 4.78 is 0. The molecule has 21 heavy (non-hydrogen) atoms. The average molecular weight is 319 g/mol. The molecular weight excluding hydrogens is 303 g/mol. The van der Waals surface area contributed by atoms with E-state index in [9.17, 15) is 4.79 Å². The molecule has 2 aromatic rings. The SMILES string of the molecule is O=C(Cc1c(Cl)cccc1Cl)c1ccc(C2CCC2)cc1. The minimum absolute atomic E-state index is 0.0464. The highest BCUT2D eigenvalue weighted by Crippen LogP contribution is 2.36. The molecule has 0 N–H and O–H groups in total. The molecule has 0 atom stereocenters. The Bertz CT molecular complexity index is 637. The summed E-state index contributed by atoms with van der Waals surface area (Å²) in [5.74, 6) is 0.734. The van der Waals surface area contributed by atoms with Gasteiger partial charge in [-0.2, -0.15) is 0 Å². The van der Waals surface area contributed by atoms with Gasteiger partial charge in [-0.25, -0.2) is 0 Å². The van der Waals surface area contributed by atoms with Crippen LogP contribution in [-0.2, 0) is 6.42 Å². The van der Waals surface area contributed by atoms with Crippen molar-refractivity contribution in [3.63, 3.8) is 0 Å². The molecule has 3 rings (SSSR count). The lowest BCUT2D eigenvalue weighted by Crippen LogP contribution is -2.09. The largest absolute Gasteiger partial charge is 0.294 e. The maximum atomic E-state index is 12.4. The van der Waals surface area contributed by atoms with Crippen LogP contribution in [0.25, 0.3) is 0 Å². The van der Waals surface area contributed by atoms with Crippen molar-refractivity contribution in [1.82, 2.24) is 0 Å². The molecule has 2 aromatic carbocycles. The number of ketones is 1. The van der Waals surface area contributed by atoms with Gasteiger partial charge in [-0.05, 0) is 42.0 Å². The lowest BCUT2D eigenvalue weighted by Gasteiger charge is -2.25. The normalized spacial score (nSPS) is 14.8. The van der Waals surface area contributed by atoms with Crippen molar-refractivity contribution < 1.29 is 4.79 Å². The number of carbonyl (C=O) groups is 1. The average Bonchev–Trinajstić information content (AvgIpc) is 2.42. The Morgan fingerprint density at radius 1 is 1.00 bits per heavy atom. The number of benzene rings is 2. The summed E-state index contributed by atoms with van der Waals surface area (Å²) in [6.45, 7) is 0. The highest BCUT2D eigenvalue weighted by molar-refractivity contribution is 6.36. The van der Waals surface area contributed by atoms with Gasteiger partial charge in [-0.3, -0.25) is 4.79 Å². The van der Waals surface area contributed by atoms with E-state index in [0.717, 1.165) is 0 Å². The van der Waals surface area contributed by atoms with E-state index in [1.165, 1.54) is 24.8 Å². The molecule has 3 heteroatoms. The summed E-state index contributed by atoms with van der Waals surface area (Å²) in [4.78, 5) is 12.4. The Labute approximate surface area is 134 Å². The third-order valence-electron chi connectivity index (χ3n) is 4.21. The Hall–Kier alpha value is -1.31. The summed E-state index contributed by atoms with van der Waals surface area (Å²) in [5.41, 5.74) is 2.76. The van der Waals surface area contributed by atoms with E-state index in [1.807, 2.05) is 12.1 Å². The summed E-state index contributed by atoms with van der Waals surface area (Å²) in [5, 5.41) is 1.09. The predicted octanol–water partition coefficient (Wildman–Crippen LogP) is 5.69. The van der Waals surface area contributed by atoms with Gasteiger partial charge in [0.2, 0.25) is 0 Å². The number of Topliss-reactive ketones (excluding diaryl/α,β-unsaturated/α-hetero) is 1.